The van der Waals surface area contributed by atoms with Crippen LogP contribution in [0.2, 0.25) is 0 Å². The van der Waals surface area contributed by atoms with E-state index in [4.69, 9.17) is 4.74 Å². The molecule has 1 aromatic carbocycles. The van der Waals surface area contributed by atoms with E-state index in [0.29, 0.717) is 12.5 Å². The van der Waals surface area contributed by atoms with Crippen molar-refractivity contribution in [2.45, 2.75) is 53.4 Å². The molecule has 1 heterocycles. The highest BCUT2D eigenvalue weighted by atomic mass is 16.5. The monoisotopic (exact) mass is 328 g/mol. The molecule has 0 bridgehead atoms. The molecule has 0 saturated carbocycles. The fraction of sp³-hybridized carbons (Fsp3) is 0.500. The number of hydrogen-bond donors (Lipinski definition) is 0. The maximum absolute atomic E-state index is 12.4. The van der Waals surface area contributed by atoms with Crippen LogP contribution in [0.3, 0.4) is 0 Å². The maximum Gasteiger partial charge on any atom is 0.419 e. The highest BCUT2D eigenvalue weighted by Gasteiger charge is 2.20. The summed E-state index contributed by atoms with van der Waals surface area (Å²) in [5.74, 6) is 1.37. The Hall–Kier alpha value is -2.10. The molecule has 0 fully saturated rings. The summed E-state index contributed by atoms with van der Waals surface area (Å²) in [5, 5.41) is 0. The summed E-state index contributed by atoms with van der Waals surface area (Å²) in [6.07, 6.45) is 4.94. The molecule has 0 aliphatic rings. The molecule has 0 saturated heterocycles. The van der Waals surface area contributed by atoms with Crippen molar-refractivity contribution in [3.05, 3.63) is 53.1 Å². The Kier molecular flexibility index (Phi) is 6.18. The van der Waals surface area contributed by atoms with Crippen molar-refractivity contribution in [3.8, 4) is 0 Å². The van der Waals surface area contributed by atoms with Crippen molar-refractivity contribution < 1.29 is 9.53 Å². The summed E-state index contributed by atoms with van der Waals surface area (Å²) in [5.41, 5.74) is 3.67. The van der Waals surface area contributed by atoms with Crippen LogP contribution < -0.4 is 0 Å². The van der Waals surface area contributed by atoms with E-state index in [1.807, 2.05) is 6.07 Å². The average Bonchev–Trinajstić information content (AvgIpc) is 3.03. The summed E-state index contributed by atoms with van der Waals surface area (Å²) in [6, 6.07) is 6.24. The second kappa shape index (κ2) is 8.13. The van der Waals surface area contributed by atoms with Crippen molar-refractivity contribution in [2.24, 2.45) is 5.92 Å². The van der Waals surface area contributed by atoms with E-state index in [1.165, 1.54) is 21.3 Å². The number of carbonyl (C=O) groups is 1. The lowest BCUT2D eigenvalue weighted by atomic mass is 9.93. The van der Waals surface area contributed by atoms with Crippen LogP contribution in [0.1, 0.15) is 62.0 Å². The van der Waals surface area contributed by atoms with Crippen LogP contribution in [0.25, 0.3) is 0 Å². The Morgan fingerprint density at radius 1 is 1.25 bits per heavy atom. The molecule has 0 spiro atoms. The summed E-state index contributed by atoms with van der Waals surface area (Å²) in [6.45, 7) is 11.1. The number of hydrogen-bond acceptors (Lipinski definition) is 3. The minimum absolute atomic E-state index is 0.0307. The van der Waals surface area contributed by atoms with Crippen LogP contribution in [-0.2, 0) is 4.74 Å². The highest BCUT2D eigenvalue weighted by molar-refractivity contribution is 5.71. The Morgan fingerprint density at radius 3 is 2.71 bits per heavy atom. The lowest BCUT2D eigenvalue weighted by Gasteiger charge is -2.17. The van der Waals surface area contributed by atoms with Gasteiger partial charge >= 0.3 is 6.09 Å². The Balaban J connectivity index is 2.11. The zero-order valence-electron chi connectivity index (χ0n) is 15.4. The fourth-order valence-corrected chi connectivity index (χ4v) is 2.89. The van der Waals surface area contributed by atoms with E-state index >= 15 is 0 Å². The molecule has 130 valence electrons. The lowest BCUT2D eigenvalue weighted by Crippen LogP contribution is -2.19. The van der Waals surface area contributed by atoms with E-state index in [9.17, 15) is 4.79 Å². The molecule has 24 heavy (non-hydrogen) atoms. The van der Waals surface area contributed by atoms with Gasteiger partial charge < -0.3 is 4.74 Å². The molecule has 0 amide bonds. The molecule has 0 aliphatic carbocycles. The molecular weight excluding hydrogens is 300 g/mol. The molecule has 2 rings (SSSR count). The first-order valence-electron chi connectivity index (χ1n) is 8.68. The minimum Gasteiger partial charge on any atom is -0.449 e. The van der Waals surface area contributed by atoms with Gasteiger partial charge in [0.15, 0.2) is 0 Å². The van der Waals surface area contributed by atoms with Crippen molar-refractivity contribution in [2.75, 3.05) is 6.61 Å². The van der Waals surface area contributed by atoms with Gasteiger partial charge in [0, 0.05) is 18.3 Å². The van der Waals surface area contributed by atoms with E-state index in [-0.39, 0.29) is 12.0 Å². The van der Waals surface area contributed by atoms with Gasteiger partial charge in [0.25, 0.3) is 0 Å². The molecule has 1 atom stereocenters. The smallest absolute Gasteiger partial charge is 0.419 e. The normalized spacial score (nSPS) is 12.4. The van der Waals surface area contributed by atoms with Crippen LogP contribution in [0.15, 0.2) is 30.6 Å². The third-order valence-electron chi connectivity index (χ3n) is 4.52. The van der Waals surface area contributed by atoms with E-state index in [0.717, 1.165) is 18.7 Å². The van der Waals surface area contributed by atoms with Gasteiger partial charge in [0.1, 0.15) is 5.82 Å². The first-order chi connectivity index (χ1) is 11.4. The third kappa shape index (κ3) is 4.25. The van der Waals surface area contributed by atoms with Gasteiger partial charge in [-0.3, -0.25) is 0 Å². The highest BCUT2D eigenvalue weighted by Crippen LogP contribution is 2.27. The zero-order chi connectivity index (χ0) is 17.7. The Labute approximate surface area is 144 Å². The number of imidazole rings is 1. The maximum atomic E-state index is 12.4. The molecule has 4 nitrogen and oxygen atoms in total. The van der Waals surface area contributed by atoms with Crippen LogP contribution in [-0.4, -0.2) is 22.3 Å². The number of aromatic nitrogens is 2. The number of rotatable bonds is 6. The first-order valence-corrected chi connectivity index (χ1v) is 8.68. The van der Waals surface area contributed by atoms with Crippen molar-refractivity contribution in [1.29, 1.82) is 0 Å². The molecular formula is C20H28N2O2. The number of aryl methyl sites for hydroxylation is 1. The quantitative estimate of drug-likeness (QED) is 0.695. The van der Waals surface area contributed by atoms with Gasteiger partial charge in [-0.15, -0.1) is 0 Å². The predicted molar refractivity (Wildman–Crippen MR) is 96.5 cm³/mol. The standard InChI is InChI=1S/C20H28N2O2/c1-14(2)8-7-13-24-20(23)22-12-11-21-19(22)17(5)18-10-6-9-15(3)16(18)4/h6,9-12,14,17H,7-8,13H2,1-5H3/t17-/m0/s1. The molecule has 0 N–H and O–H groups in total. The SMILES string of the molecule is Cc1cccc([C@H](C)c2nccn2C(=O)OCCCC(C)C)c1C. The minimum atomic E-state index is -0.344. The van der Waals surface area contributed by atoms with Crippen LogP contribution in [0.4, 0.5) is 4.79 Å². The summed E-state index contributed by atoms with van der Waals surface area (Å²) in [4.78, 5) is 16.8. The molecule has 4 heteroatoms. The van der Waals surface area contributed by atoms with Crippen molar-refractivity contribution in [3.63, 3.8) is 0 Å². The summed E-state index contributed by atoms with van der Waals surface area (Å²) in [7, 11) is 0. The fourth-order valence-electron chi connectivity index (χ4n) is 2.89. The Bertz CT molecular complexity index is 689. The largest absolute Gasteiger partial charge is 0.449 e. The number of ether oxygens (including phenoxy) is 1. The number of benzene rings is 1. The second-order valence-electron chi connectivity index (χ2n) is 6.82. The summed E-state index contributed by atoms with van der Waals surface area (Å²) >= 11 is 0. The summed E-state index contributed by atoms with van der Waals surface area (Å²) < 4.78 is 6.93. The topological polar surface area (TPSA) is 44.1 Å². The molecule has 0 aliphatic heterocycles. The van der Waals surface area contributed by atoms with Gasteiger partial charge in [-0.25, -0.2) is 14.3 Å². The van der Waals surface area contributed by atoms with E-state index < -0.39 is 0 Å². The number of nitrogens with zero attached hydrogens (tertiary/aromatic N) is 2. The van der Waals surface area contributed by atoms with Gasteiger partial charge in [0.05, 0.1) is 6.61 Å². The Morgan fingerprint density at radius 2 is 2.00 bits per heavy atom. The lowest BCUT2D eigenvalue weighted by molar-refractivity contribution is 0.143. The van der Waals surface area contributed by atoms with Gasteiger partial charge in [-0.05, 0) is 49.3 Å². The van der Waals surface area contributed by atoms with E-state index in [1.54, 1.807) is 12.4 Å². The van der Waals surface area contributed by atoms with Crippen LogP contribution in [0, 0.1) is 19.8 Å². The zero-order valence-corrected chi connectivity index (χ0v) is 15.4. The average molecular weight is 328 g/mol. The van der Waals surface area contributed by atoms with E-state index in [2.05, 4.69) is 51.7 Å². The predicted octanol–water partition coefficient (Wildman–Crippen LogP) is 5.07. The molecule has 1 aromatic heterocycles. The van der Waals surface area contributed by atoms with Crippen molar-refractivity contribution in [1.82, 2.24) is 9.55 Å². The molecule has 2 aromatic rings. The molecule has 0 unspecified atom stereocenters. The van der Waals surface area contributed by atoms with Gasteiger partial charge in [-0.1, -0.05) is 39.0 Å². The first kappa shape index (κ1) is 18.2. The molecule has 0 radical (unpaired) electrons. The third-order valence-corrected chi connectivity index (χ3v) is 4.52. The second-order valence-corrected chi connectivity index (χ2v) is 6.82. The van der Waals surface area contributed by atoms with Gasteiger partial charge in [-0.2, -0.15) is 0 Å². The van der Waals surface area contributed by atoms with Crippen LogP contribution >= 0.6 is 0 Å². The van der Waals surface area contributed by atoms with Crippen LogP contribution in [0.5, 0.6) is 0 Å². The number of carbonyl (C=O) groups excluding carboxylic acids is 1. The van der Waals surface area contributed by atoms with Crippen molar-refractivity contribution >= 4 is 6.09 Å². The van der Waals surface area contributed by atoms with Gasteiger partial charge in [0.2, 0.25) is 0 Å².